The number of carbonyl (C=O) groups excluding carboxylic acids is 1. The van der Waals surface area contributed by atoms with Gasteiger partial charge in [0.1, 0.15) is 0 Å². The number of carbonyl (C=O) groups is 1. The Balaban J connectivity index is 2.78. The highest BCUT2D eigenvalue weighted by Gasteiger charge is 2.37. The molecule has 0 saturated heterocycles. The zero-order chi connectivity index (χ0) is 16.8. The molecule has 0 N–H and O–H groups in total. The van der Waals surface area contributed by atoms with Crippen LogP contribution in [-0.2, 0) is 14.6 Å². The molecular formula is C14H17Br3O4S. The molecule has 0 radical (unpaired) electrons. The molecule has 4 nitrogen and oxygen atoms in total. The smallest absolute Gasteiger partial charge is 0.338 e. The lowest BCUT2D eigenvalue weighted by atomic mass is 10.2. The van der Waals surface area contributed by atoms with E-state index in [0.29, 0.717) is 6.61 Å². The van der Waals surface area contributed by atoms with E-state index >= 15 is 0 Å². The van der Waals surface area contributed by atoms with E-state index < -0.39 is 17.3 Å². The summed E-state index contributed by atoms with van der Waals surface area (Å²) in [5.74, 6) is -0.516. The first-order valence-electron chi connectivity index (χ1n) is 6.78. The van der Waals surface area contributed by atoms with Crippen molar-refractivity contribution in [2.45, 2.75) is 39.0 Å². The molecule has 0 saturated carbocycles. The van der Waals surface area contributed by atoms with E-state index in [1.54, 1.807) is 0 Å². The standard InChI is InChI=1S/C14H17Br3O4S/c1-2-3-4-5-9-21-13(18)11-7-6-8-12(10-11)22(19,20)14(15,16)17/h6-8,10H,2-5,9H2,1H3. The second-order valence-electron chi connectivity index (χ2n) is 4.67. The van der Waals surface area contributed by atoms with Gasteiger partial charge in [0, 0.05) is 0 Å². The Kier molecular flexibility index (Phi) is 8.05. The number of ether oxygens (including phenoxy) is 1. The Morgan fingerprint density at radius 1 is 1.18 bits per heavy atom. The molecule has 0 bridgehead atoms. The maximum Gasteiger partial charge on any atom is 0.338 e. The number of hydrogen-bond donors (Lipinski definition) is 0. The van der Waals surface area contributed by atoms with Gasteiger partial charge in [-0.15, -0.1) is 0 Å². The molecule has 0 aliphatic rings. The fourth-order valence-corrected chi connectivity index (χ4v) is 4.19. The third-order valence-electron chi connectivity index (χ3n) is 2.92. The Bertz CT molecular complexity index is 609. The third-order valence-corrected chi connectivity index (χ3v) is 8.24. The normalized spacial score (nSPS) is 12.2. The molecule has 0 heterocycles. The van der Waals surface area contributed by atoms with E-state index in [0.717, 1.165) is 25.7 Å². The van der Waals surface area contributed by atoms with E-state index in [9.17, 15) is 13.2 Å². The SMILES string of the molecule is CCCCCCOC(=O)c1cccc(S(=O)(=O)C(Br)(Br)Br)c1. The van der Waals surface area contributed by atoms with Gasteiger partial charge < -0.3 is 4.74 Å². The van der Waals surface area contributed by atoms with Gasteiger partial charge in [0.25, 0.3) is 0 Å². The minimum Gasteiger partial charge on any atom is -0.462 e. The summed E-state index contributed by atoms with van der Waals surface area (Å²) in [5, 5.41) is 0. The summed E-state index contributed by atoms with van der Waals surface area (Å²) in [4.78, 5) is 12.0. The summed E-state index contributed by atoms with van der Waals surface area (Å²) in [6.45, 7) is 2.45. The van der Waals surface area contributed by atoms with E-state index in [1.807, 2.05) is 0 Å². The fraction of sp³-hybridized carbons (Fsp3) is 0.500. The molecular weight excluding hydrogens is 504 g/mol. The quantitative estimate of drug-likeness (QED) is 0.288. The van der Waals surface area contributed by atoms with E-state index in [1.165, 1.54) is 24.3 Å². The van der Waals surface area contributed by atoms with Crippen LogP contribution in [0.2, 0.25) is 0 Å². The first kappa shape index (κ1) is 20.1. The number of rotatable bonds is 7. The summed E-state index contributed by atoms with van der Waals surface area (Å²) < 4.78 is 28.2. The third kappa shape index (κ3) is 5.62. The molecule has 0 spiro atoms. The van der Waals surface area contributed by atoms with Crippen LogP contribution in [0.5, 0.6) is 0 Å². The lowest BCUT2D eigenvalue weighted by Gasteiger charge is -2.14. The molecule has 0 unspecified atom stereocenters. The van der Waals surface area contributed by atoms with Crippen molar-refractivity contribution in [2.75, 3.05) is 6.61 Å². The Labute approximate surface area is 156 Å². The van der Waals surface area contributed by atoms with Crippen LogP contribution in [0, 0.1) is 0 Å². The summed E-state index contributed by atoms with van der Waals surface area (Å²) >= 11 is 8.98. The van der Waals surface area contributed by atoms with Crippen molar-refractivity contribution in [3.63, 3.8) is 0 Å². The molecule has 0 aliphatic carbocycles. The number of esters is 1. The van der Waals surface area contributed by atoms with Crippen LogP contribution in [0.15, 0.2) is 29.2 Å². The maximum absolute atomic E-state index is 12.3. The van der Waals surface area contributed by atoms with Gasteiger partial charge in [-0.25, -0.2) is 13.2 Å². The summed E-state index contributed by atoms with van der Waals surface area (Å²) in [5.41, 5.74) is 0.216. The van der Waals surface area contributed by atoms with Crippen LogP contribution < -0.4 is 0 Å². The number of alkyl halides is 3. The molecule has 8 heteroatoms. The minimum atomic E-state index is -3.72. The zero-order valence-electron chi connectivity index (χ0n) is 12.0. The van der Waals surface area contributed by atoms with E-state index in [4.69, 9.17) is 4.74 Å². The largest absolute Gasteiger partial charge is 0.462 e. The Hall–Kier alpha value is 0.0800. The first-order chi connectivity index (χ1) is 10.2. The fourth-order valence-electron chi connectivity index (χ4n) is 1.70. The van der Waals surface area contributed by atoms with Gasteiger partial charge in [-0.05, 0) is 72.4 Å². The number of unbranched alkanes of at least 4 members (excludes halogenated alkanes) is 3. The van der Waals surface area contributed by atoms with Crippen molar-refractivity contribution in [1.29, 1.82) is 0 Å². The number of sulfone groups is 1. The predicted octanol–water partition coefficient (Wildman–Crippen LogP) is 4.99. The average molecular weight is 521 g/mol. The van der Waals surface area contributed by atoms with Gasteiger partial charge in [0.05, 0.1) is 17.1 Å². The second kappa shape index (κ2) is 8.80. The maximum atomic E-state index is 12.3. The van der Waals surface area contributed by atoms with Crippen LogP contribution in [0.3, 0.4) is 0 Å². The summed E-state index contributed by atoms with van der Waals surface area (Å²) in [7, 11) is -3.72. The van der Waals surface area contributed by atoms with Gasteiger partial charge in [-0.2, -0.15) is 0 Å². The molecule has 0 aliphatic heterocycles. The zero-order valence-corrected chi connectivity index (χ0v) is 17.6. The van der Waals surface area contributed by atoms with Gasteiger partial charge in [0.2, 0.25) is 11.3 Å². The summed E-state index contributed by atoms with van der Waals surface area (Å²) in [6.07, 6.45) is 4.04. The van der Waals surface area contributed by atoms with Crippen LogP contribution >= 0.6 is 47.8 Å². The molecule has 0 aromatic heterocycles. The first-order valence-corrected chi connectivity index (χ1v) is 10.6. The monoisotopic (exact) mass is 518 g/mol. The lowest BCUT2D eigenvalue weighted by Crippen LogP contribution is -2.18. The molecule has 1 aromatic rings. The highest BCUT2D eigenvalue weighted by Crippen LogP contribution is 2.43. The number of benzene rings is 1. The molecule has 0 amide bonds. The molecule has 22 heavy (non-hydrogen) atoms. The molecule has 1 aromatic carbocycles. The van der Waals surface area contributed by atoms with Crippen molar-refractivity contribution >= 4 is 63.6 Å². The number of halogens is 3. The van der Waals surface area contributed by atoms with Crippen molar-refractivity contribution in [3.8, 4) is 0 Å². The minimum absolute atomic E-state index is 0.0126. The van der Waals surface area contributed by atoms with Gasteiger partial charge >= 0.3 is 5.97 Å². The molecule has 1 rings (SSSR count). The van der Waals surface area contributed by atoms with Gasteiger partial charge in [0.15, 0.2) is 0 Å². The van der Waals surface area contributed by atoms with Crippen molar-refractivity contribution in [1.82, 2.24) is 0 Å². The van der Waals surface area contributed by atoms with Crippen molar-refractivity contribution in [2.24, 2.45) is 0 Å². The highest BCUT2D eigenvalue weighted by atomic mass is 80.0. The van der Waals surface area contributed by atoms with Crippen molar-refractivity contribution in [3.05, 3.63) is 29.8 Å². The average Bonchev–Trinajstić information content (AvgIpc) is 2.45. The lowest BCUT2D eigenvalue weighted by molar-refractivity contribution is 0.0497. The van der Waals surface area contributed by atoms with Crippen LogP contribution in [0.1, 0.15) is 43.0 Å². The van der Waals surface area contributed by atoms with Crippen LogP contribution in [0.25, 0.3) is 0 Å². The highest BCUT2D eigenvalue weighted by molar-refractivity contribution is 9.42. The number of hydrogen-bond acceptors (Lipinski definition) is 4. The summed E-state index contributed by atoms with van der Waals surface area (Å²) in [6, 6.07) is 5.78. The van der Waals surface area contributed by atoms with Gasteiger partial charge in [-0.3, -0.25) is 0 Å². The predicted molar refractivity (Wildman–Crippen MR) is 97.6 cm³/mol. The second-order valence-corrected chi connectivity index (χ2v) is 15.1. The Morgan fingerprint density at radius 2 is 1.86 bits per heavy atom. The molecule has 0 fully saturated rings. The molecule has 0 atom stereocenters. The topological polar surface area (TPSA) is 60.4 Å². The Morgan fingerprint density at radius 3 is 2.45 bits per heavy atom. The van der Waals surface area contributed by atoms with E-state index in [-0.39, 0.29) is 10.5 Å². The van der Waals surface area contributed by atoms with E-state index in [2.05, 4.69) is 54.7 Å². The van der Waals surface area contributed by atoms with Crippen molar-refractivity contribution < 1.29 is 17.9 Å². The van der Waals surface area contributed by atoms with Crippen LogP contribution in [-0.4, -0.2) is 22.5 Å². The molecule has 124 valence electrons. The van der Waals surface area contributed by atoms with Gasteiger partial charge in [-0.1, -0.05) is 32.3 Å². The van der Waals surface area contributed by atoms with Crippen LogP contribution in [0.4, 0.5) is 0 Å².